The van der Waals surface area contributed by atoms with E-state index in [1.807, 2.05) is 6.07 Å². The second-order valence-corrected chi connectivity index (χ2v) is 8.01. The van der Waals surface area contributed by atoms with Crippen LogP contribution in [0.4, 0.5) is 4.39 Å². The van der Waals surface area contributed by atoms with E-state index >= 15 is 0 Å². The van der Waals surface area contributed by atoms with Crippen molar-refractivity contribution in [1.82, 2.24) is 14.7 Å². The molecule has 2 fully saturated rings. The molecule has 2 heterocycles. The molecule has 144 valence electrons. The molecule has 1 atom stereocenters. The van der Waals surface area contributed by atoms with Gasteiger partial charge < -0.3 is 4.90 Å². The fraction of sp³-hybridized carbons (Fsp3) is 0.667. The predicted molar refractivity (Wildman–Crippen MR) is 102 cm³/mol. The van der Waals surface area contributed by atoms with Crippen LogP contribution in [0.3, 0.4) is 0 Å². The number of hydrogen-bond donors (Lipinski definition) is 0. The Labute approximate surface area is 157 Å². The number of halogens is 1. The van der Waals surface area contributed by atoms with E-state index in [0.29, 0.717) is 11.9 Å². The van der Waals surface area contributed by atoms with Gasteiger partial charge in [0.15, 0.2) is 0 Å². The molecule has 1 unspecified atom stereocenters. The smallest absolute Gasteiger partial charge is 0.227 e. The maximum atomic E-state index is 13.4. The van der Waals surface area contributed by atoms with Gasteiger partial charge in [0.25, 0.3) is 0 Å². The van der Waals surface area contributed by atoms with Gasteiger partial charge in [-0.05, 0) is 57.4 Å². The average molecular weight is 362 g/mol. The van der Waals surface area contributed by atoms with Crippen molar-refractivity contribution in [3.8, 4) is 0 Å². The van der Waals surface area contributed by atoms with Gasteiger partial charge in [-0.15, -0.1) is 0 Å². The summed E-state index contributed by atoms with van der Waals surface area (Å²) in [6.07, 6.45) is 3.07. The lowest BCUT2D eigenvalue weighted by Gasteiger charge is -2.35. The molecule has 2 aliphatic heterocycles. The van der Waals surface area contributed by atoms with Gasteiger partial charge in [-0.3, -0.25) is 14.6 Å². The van der Waals surface area contributed by atoms with E-state index in [4.69, 9.17) is 0 Å². The molecule has 2 saturated heterocycles. The summed E-state index contributed by atoms with van der Waals surface area (Å²) in [5.41, 5.74) is 0.987. The molecule has 0 saturated carbocycles. The molecule has 26 heavy (non-hydrogen) atoms. The van der Waals surface area contributed by atoms with Crippen molar-refractivity contribution in [2.75, 3.05) is 39.3 Å². The molecular formula is C21H32FN3O. The monoisotopic (exact) mass is 361 g/mol. The minimum atomic E-state index is -0.189. The Balaban J connectivity index is 1.56. The highest BCUT2D eigenvalue weighted by atomic mass is 19.1. The van der Waals surface area contributed by atoms with E-state index in [1.54, 1.807) is 12.1 Å². The largest absolute Gasteiger partial charge is 0.341 e. The van der Waals surface area contributed by atoms with Crippen LogP contribution in [0, 0.1) is 11.7 Å². The first-order valence-corrected chi connectivity index (χ1v) is 10.0. The molecule has 0 bridgehead atoms. The number of benzene rings is 1. The van der Waals surface area contributed by atoms with Gasteiger partial charge in [0.05, 0.1) is 5.92 Å². The lowest BCUT2D eigenvalue weighted by atomic mass is 9.96. The number of carbonyl (C=O) groups excluding carboxylic acids is 1. The van der Waals surface area contributed by atoms with Crippen molar-refractivity contribution in [3.05, 3.63) is 35.6 Å². The Morgan fingerprint density at radius 3 is 2.77 bits per heavy atom. The number of carbonyl (C=O) groups is 1. The zero-order valence-corrected chi connectivity index (χ0v) is 16.2. The van der Waals surface area contributed by atoms with Crippen LogP contribution in [-0.2, 0) is 11.3 Å². The minimum absolute atomic E-state index is 0.0860. The number of rotatable bonds is 4. The Morgan fingerprint density at radius 2 is 2.00 bits per heavy atom. The lowest BCUT2D eigenvalue weighted by molar-refractivity contribution is -0.137. The van der Waals surface area contributed by atoms with E-state index in [0.717, 1.165) is 70.6 Å². The SMILES string of the molecule is CC(C)N1CCCN(C(=O)C2CCCN(Cc3cccc(F)c3)C2)CC1. The number of amides is 1. The maximum Gasteiger partial charge on any atom is 0.227 e. The Kier molecular flexibility index (Phi) is 6.65. The normalized spacial score (nSPS) is 23.2. The van der Waals surface area contributed by atoms with E-state index in [1.165, 1.54) is 6.07 Å². The highest BCUT2D eigenvalue weighted by Crippen LogP contribution is 2.22. The molecule has 1 amide bonds. The number of nitrogens with zero attached hydrogens (tertiary/aromatic N) is 3. The molecule has 1 aromatic rings. The van der Waals surface area contributed by atoms with Crippen LogP contribution >= 0.6 is 0 Å². The van der Waals surface area contributed by atoms with Gasteiger partial charge in [0, 0.05) is 45.3 Å². The summed E-state index contributed by atoms with van der Waals surface area (Å²) in [4.78, 5) is 19.9. The van der Waals surface area contributed by atoms with Gasteiger partial charge in [-0.2, -0.15) is 0 Å². The molecule has 3 rings (SSSR count). The third kappa shape index (κ3) is 5.04. The highest BCUT2D eigenvalue weighted by Gasteiger charge is 2.30. The van der Waals surface area contributed by atoms with Crippen LogP contribution in [0.5, 0.6) is 0 Å². The van der Waals surface area contributed by atoms with Crippen molar-refractivity contribution in [2.45, 2.75) is 45.7 Å². The van der Waals surface area contributed by atoms with E-state index in [2.05, 4.69) is 28.5 Å². The molecule has 0 aromatic heterocycles. The second kappa shape index (κ2) is 8.96. The molecular weight excluding hydrogens is 329 g/mol. The van der Waals surface area contributed by atoms with Crippen LogP contribution in [0.25, 0.3) is 0 Å². The van der Waals surface area contributed by atoms with E-state index in [9.17, 15) is 9.18 Å². The number of piperidine rings is 1. The molecule has 1 aromatic carbocycles. The van der Waals surface area contributed by atoms with Crippen LogP contribution in [0.2, 0.25) is 0 Å². The van der Waals surface area contributed by atoms with Gasteiger partial charge in [-0.1, -0.05) is 12.1 Å². The van der Waals surface area contributed by atoms with E-state index < -0.39 is 0 Å². The van der Waals surface area contributed by atoms with Gasteiger partial charge >= 0.3 is 0 Å². The highest BCUT2D eigenvalue weighted by molar-refractivity contribution is 5.79. The minimum Gasteiger partial charge on any atom is -0.341 e. The summed E-state index contributed by atoms with van der Waals surface area (Å²) < 4.78 is 13.4. The molecule has 4 nitrogen and oxygen atoms in total. The first-order valence-electron chi connectivity index (χ1n) is 10.0. The summed E-state index contributed by atoms with van der Waals surface area (Å²) in [7, 11) is 0. The number of likely N-dealkylation sites (tertiary alicyclic amines) is 1. The van der Waals surface area contributed by atoms with Crippen LogP contribution < -0.4 is 0 Å². The van der Waals surface area contributed by atoms with E-state index in [-0.39, 0.29) is 11.7 Å². The first-order chi connectivity index (χ1) is 12.5. The Morgan fingerprint density at radius 1 is 1.15 bits per heavy atom. The zero-order chi connectivity index (χ0) is 18.5. The maximum absolute atomic E-state index is 13.4. The van der Waals surface area contributed by atoms with Crippen molar-refractivity contribution >= 4 is 5.91 Å². The Hall–Kier alpha value is -1.46. The van der Waals surface area contributed by atoms with Crippen molar-refractivity contribution in [2.24, 2.45) is 5.92 Å². The lowest BCUT2D eigenvalue weighted by Crippen LogP contribution is -2.45. The van der Waals surface area contributed by atoms with Crippen molar-refractivity contribution < 1.29 is 9.18 Å². The van der Waals surface area contributed by atoms with Gasteiger partial charge in [0.2, 0.25) is 5.91 Å². The average Bonchev–Trinajstić information content (AvgIpc) is 2.88. The third-order valence-electron chi connectivity index (χ3n) is 5.72. The molecule has 0 radical (unpaired) electrons. The van der Waals surface area contributed by atoms with Crippen LogP contribution in [-0.4, -0.2) is 65.9 Å². The summed E-state index contributed by atoms with van der Waals surface area (Å²) in [6, 6.07) is 7.34. The Bertz CT molecular complexity index is 607. The summed E-state index contributed by atoms with van der Waals surface area (Å²) in [5, 5.41) is 0. The van der Waals surface area contributed by atoms with Crippen molar-refractivity contribution in [1.29, 1.82) is 0 Å². The third-order valence-corrected chi connectivity index (χ3v) is 5.72. The predicted octanol–water partition coefficient (Wildman–Crippen LogP) is 2.98. The van der Waals surface area contributed by atoms with Gasteiger partial charge in [0.1, 0.15) is 5.82 Å². The number of hydrogen-bond acceptors (Lipinski definition) is 3. The molecule has 0 N–H and O–H groups in total. The fourth-order valence-electron chi connectivity index (χ4n) is 4.23. The van der Waals surface area contributed by atoms with Gasteiger partial charge in [-0.25, -0.2) is 4.39 Å². The molecule has 5 heteroatoms. The standard InChI is InChI=1S/C21H32FN3O/c1-17(2)24-10-5-11-25(13-12-24)21(26)19-7-4-9-23(16-19)15-18-6-3-8-20(22)14-18/h3,6,8,14,17,19H,4-5,7,9-13,15-16H2,1-2H3. The molecule has 2 aliphatic rings. The second-order valence-electron chi connectivity index (χ2n) is 8.01. The fourth-order valence-corrected chi connectivity index (χ4v) is 4.23. The summed E-state index contributed by atoms with van der Waals surface area (Å²) in [6.45, 7) is 10.7. The topological polar surface area (TPSA) is 26.8 Å². The molecule has 0 spiro atoms. The zero-order valence-electron chi connectivity index (χ0n) is 16.2. The molecule has 0 aliphatic carbocycles. The summed E-state index contributed by atoms with van der Waals surface area (Å²) >= 11 is 0. The van der Waals surface area contributed by atoms with Crippen molar-refractivity contribution in [3.63, 3.8) is 0 Å². The van der Waals surface area contributed by atoms with Crippen LogP contribution in [0.15, 0.2) is 24.3 Å². The first kappa shape index (κ1) is 19.3. The quantitative estimate of drug-likeness (QED) is 0.825. The summed E-state index contributed by atoms with van der Waals surface area (Å²) in [5.74, 6) is 0.217. The van der Waals surface area contributed by atoms with Crippen LogP contribution in [0.1, 0.15) is 38.7 Å².